The van der Waals surface area contributed by atoms with Gasteiger partial charge in [0.1, 0.15) is 0 Å². The highest BCUT2D eigenvalue weighted by Crippen LogP contribution is 2.47. The molecule has 0 fully saturated rings. The molecule has 0 aliphatic rings. The van der Waals surface area contributed by atoms with Gasteiger partial charge >= 0.3 is 23.3 Å². The van der Waals surface area contributed by atoms with Crippen molar-refractivity contribution in [3.63, 3.8) is 0 Å². The fourth-order valence-corrected chi connectivity index (χ4v) is 27.8. The van der Waals surface area contributed by atoms with Gasteiger partial charge in [-0.05, 0) is 43.2 Å². The Bertz CT molecular complexity index is 643. The van der Waals surface area contributed by atoms with Crippen molar-refractivity contribution in [3.05, 3.63) is 12.2 Å². The second-order valence-electron chi connectivity index (χ2n) is 12.1. The topological polar surface area (TPSA) is 54.0 Å². The maximum Gasteiger partial charge on any atom is 0.468 e. The van der Waals surface area contributed by atoms with Gasteiger partial charge in [-0.2, -0.15) is 0 Å². The van der Waals surface area contributed by atoms with E-state index in [0.29, 0.717) is 22.2 Å². The molecule has 34 heavy (non-hydrogen) atoms. The monoisotopic (exact) mass is 548 g/mol. The summed E-state index contributed by atoms with van der Waals surface area (Å²) in [5.74, 6) is -0.364. The maximum absolute atomic E-state index is 13.0. The first kappa shape index (κ1) is 34.0. The minimum absolute atomic E-state index is 0.0969. The lowest BCUT2D eigenvalue weighted by Gasteiger charge is -2.51. The minimum atomic E-state index is -3.23. The van der Waals surface area contributed by atoms with Crippen LogP contribution in [-0.2, 0) is 21.6 Å². The first-order chi connectivity index (χ1) is 15.2. The average Bonchev–Trinajstić information content (AvgIpc) is 2.67. The Balaban J connectivity index is 7.03. The van der Waals surface area contributed by atoms with Crippen LogP contribution in [0.2, 0.25) is 53.9 Å². The quantitative estimate of drug-likeness (QED) is 0.151. The number of hydrogen-bond donors (Lipinski definition) is 0. The molecule has 0 heterocycles. The van der Waals surface area contributed by atoms with Gasteiger partial charge in [-0.25, -0.2) is 4.79 Å². The number of carbonyl (C=O) groups excluding carboxylic acids is 1. The third-order valence-corrected chi connectivity index (χ3v) is 26.2. The smallest absolute Gasteiger partial charge is 0.468 e. The lowest BCUT2D eigenvalue weighted by atomic mass is 10.3. The molecule has 3 unspecified atom stereocenters. The van der Waals surface area contributed by atoms with Crippen LogP contribution in [0.3, 0.4) is 0 Å². The van der Waals surface area contributed by atoms with Crippen molar-refractivity contribution < 1.29 is 21.6 Å². The van der Waals surface area contributed by atoms with Crippen LogP contribution < -0.4 is 0 Å². The largest absolute Gasteiger partial charge is 0.491 e. The van der Waals surface area contributed by atoms with Crippen LogP contribution in [0.25, 0.3) is 0 Å². The van der Waals surface area contributed by atoms with Crippen LogP contribution >= 0.6 is 0 Å². The Labute approximate surface area is 216 Å². The van der Waals surface area contributed by atoms with E-state index in [9.17, 15) is 4.79 Å². The zero-order valence-corrected chi connectivity index (χ0v) is 29.0. The maximum atomic E-state index is 13.0. The van der Waals surface area contributed by atoms with Crippen molar-refractivity contribution in [1.82, 2.24) is 0 Å². The highest BCUT2D eigenvalue weighted by molar-refractivity contribution is 6.91. The summed E-state index contributed by atoms with van der Waals surface area (Å²) in [6.07, 6.45) is 1.72. The summed E-state index contributed by atoms with van der Waals surface area (Å²) in [5.41, 5.74) is 1.79. The third-order valence-electron chi connectivity index (χ3n) is 7.10. The van der Waals surface area contributed by atoms with Gasteiger partial charge in [0.05, 0.1) is 0 Å². The summed E-state index contributed by atoms with van der Waals surface area (Å²) in [4.78, 5) is 13.0. The first-order valence-corrected chi connectivity index (χ1v) is 23.0. The summed E-state index contributed by atoms with van der Waals surface area (Å²) in [6, 6.07) is 0. The first-order valence-electron chi connectivity index (χ1n) is 13.2. The lowest BCUT2D eigenvalue weighted by molar-refractivity contribution is -0.132. The number of rotatable bonds is 15. The number of carbonyl (C=O) groups is 1. The molecule has 0 amide bonds. The molecule has 0 aromatic heterocycles. The van der Waals surface area contributed by atoms with E-state index in [1.807, 2.05) is 0 Å². The Morgan fingerprint density at radius 3 is 1.38 bits per heavy atom. The molecule has 0 aromatic rings. The predicted octanol–water partition coefficient (Wildman–Crippen LogP) is 8.78. The van der Waals surface area contributed by atoms with Gasteiger partial charge in [0.25, 0.3) is 0 Å². The van der Waals surface area contributed by atoms with Crippen molar-refractivity contribution >= 4 is 40.0 Å². The van der Waals surface area contributed by atoms with Gasteiger partial charge < -0.3 is 16.8 Å². The molecule has 0 aliphatic carbocycles. The summed E-state index contributed by atoms with van der Waals surface area (Å²) in [5, 5.41) is 0. The molecule has 0 saturated carbocycles. The van der Waals surface area contributed by atoms with Crippen LogP contribution in [0.5, 0.6) is 0 Å². The summed E-state index contributed by atoms with van der Waals surface area (Å²) >= 11 is 0. The average molecular weight is 549 g/mol. The van der Waals surface area contributed by atoms with Crippen LogP contribution in [0.1, 0.15) is 89.0 Å². The minimum Gasteiger partial charge on any atom is -0.491 e. The molecular weight excluding hydrogens is 493 g/mol. The normalized spacial score (nSPS) is 18.5. The van der Waals surface area contributed by atoms with E-state index in [-0.39, 0.29) is 17.1 Å². The van der Waals surface area contributed by atoms with Gasteiger partial charge in [-0.15, -0.1) is 0 Å². The predicted molar refractivity (Wildman–Crippen MR) is 155 cm³/mol. The lowest BCUT2D eigenvalue weighted by Crippen LogP contribution is -2.66. The van der Waals surface area contributed by atoms with Crippen molar-refractivity contribution in [2.45, 2.75) is 143 Å². The molecular formula is C25H56O5Si4. The molecule has 0 spiro atoms. The summed E-state index contributed by atoms with van der Waals surface area (Å²) in [7, 11) is -10.7. The SMILES string of the molecule is C=C(C)C(=O)O[Si](O[Si](C)(O[Si](C)(C)C)O[Si](C(C)C)(C(C)C)C(C)C)(C(C)CC)C(C)CC. The van der Waals surface area contributed by atoms with Crippen LogP contribution in [0.4, 0.5) is 0 Å². The highest BCUT2D eigenvalue weighted by Gasteiger charge is 2.61. The van der Waals surface area contributed by atoms with E-state index < -0.39 is 34.0 Å². The van der Waals surface area contributed by atoms with Gasteiger partial charge in [-0.3, -0.25) is 0 Å². The van der Waals surface area contributed by atoms with E-state index in [1.165, 1.54) is 0 Å². The number of hydrogen-bond acceptors (Lipinski definition) is 5. The molecule has 0 saturated heterocycles. The van der Waals surface area contributed by atoms with Crippen molar-refractivity contribution in [2.24, 2.45) is 0 Å². The zero-order chi connectivity index (χ0) is 27.3. The molecule has 0 bridgehead atoms. The molecule has 0 aromatic carbocycles. The molecule has 202 valence electrons. The molecule has 0 N–H and O–H groups in total. The summed E-state index contributed by atoms with van der Waals surface area (Å²) < 4.78 is 27.9. The second-order valence-corrected chi connectivity index (χ2v) is 29.3. The van der Waals surface area contributed by atoms with E-state index in [4.69, 9.17) is 16.8 Å². The molecule has 3 atom stereocenters. The molecule has 9 heteroatoms. The fourth-order valence-electron chi connectivity index (χ4n) is 5.29. The molecule has 5 nitrogen and oxygen atoms in total. The van der Waals surface area contributed by atoms with Crippen LogP contribution in [-0.4, -0.2) is 40.0 Å². The van der Waals surface area contributed by atoms with Crippen molar-refractivity contribution in [2.75, 3.05) is 0 Å². The molecule has 0 rings (SSSR count). The zero-order valence-electron chi connectivity index (χ0n) is 25.0. The Morgan fingerprint density at radius 1 is 0.735 bits per heavy atom. The van der Waals surface area contributed by atoms with Crippen LogP contribution in [0, 0.1) is 0 Å². The van der Waals surface area contributed by atoms with Crippen LogP contribution in [0.15, 0.2) is 12.2 Å². The van der Waals surface area contributed by atoms with E-state index >= 15 is 0 Å². The highest BCUT2D eigenvalue weighted by atomic mass is 28.5. The van der Waals surface area contributed by atoms with E-state index in [0.717, 1.165) is 12.8 Å². The van der Waals surface area contributed by atoms with E-state index in [2.05, 4.69) is 102 Å². The summed E-state index contributed by atoms with van der Waals surface area (Å²) in [6.45, 7) is 36.5. The van der Waals surface area contributed by atoms with Gasteiger partial charge in [0, 0.05) is 23.2 Å². The Kier molecular flexibility index (Phi) is 12.9. The van der Waals surface area contributed by atoms with Gasteiger partial charge in [-0.1, -0.05) is 88.7 Å². The fraction of sp³-hybridized carbons (Fsp3) is 0.880. The standard InChI is InChI=1S/C25H56O5Si4/c1-17-23(11)34(24(12)18-2,27-25(26)19(3)4)30-32(16,28-31(13,14)15)29-33(20(5)6,21(7)8)22(9)10/h20-24H,3,17-18H2,1-2,4-16H3. The van der Waals surface area contributed by atoms with Gasteiger partial charge in [0.2, 0.25) is 0 Å². The molecule has 0 aliphatic heterocycles. The van der Waals surface area contributed by atoms with Crippen molar-refractivity contribution in [3.8, 4) is 0 Å². The van der Waals surface area contributed by atoms with Gasteiger partial charge in [0.15, 0.2) is 16.6 Å². The third kappa shape index (κ3) is 8.24. The Hall–Kier alpha value is -0.0425. The van der Waals surface area contributed by atoms with E-state index in [1.54, 1.807) is 6.92 Å². The Morgan fingerprint density at radius 2 is 1.12 bits per heavy atom. The molecule has 0 radical (unpaired) electrons. The second kappa shape index (κ2) is 13.0. The van der Waals surface area contributed by atoms with Crippen molar-refractivity contribution in [1.29, 1.82) is 0 Å².